The van der Waals surface area contributed by atoms with Gasteiger partial charge in [0.05, 0.1) is 0 Å². The number of hydrogen-bond acceptors (Lipinski definition) is 2. The number of esters is 1. The first kappa shape index (κ1) is 17.3. The monoisotopic (exact) mass is 268 g/mol. The molecule has 0 N–H and O–H groups in total. The van der Waals surface area contributed by atoms with Gasteiger partial charge < -0.3 is 4.74 Å². The lowest BCUT2D eigenvalue weighted by molar-refractivity contribution is -0.186. The van der Waals surface area contributed by atoms with Crippen molar-refractivity contribution in [1.82, 2.24) is 0 Å². The molecular weight excluding hydrogens is 245 g/mol. The third-order valence-electron chi connectivity index (χ3n) is 2.63. The highest BCUT2D eigenvalue weighted by molar-refractivity contribution is 5.69. The van der Waals surface area contributed by atoms with Crippen LogP contribution < -0.4 is 0 Å². The minimum atomic E-state index is -4.42. The predicted octanol–water partition coefficient (Wildman–Crippen LogP) is 4.62. The molecule has 0 heterocycles. The van der Waals surface area contributed by atoms with Crippen LogP contribution in [0.1, 0.15) is 64.7 Å². The molecule has 0 saturated carbocycles. The van der Waals surface area contributed by atoms with Crippen LogP contribution in [0, 0.1) is 0 Å². The number of halogens is 3. The number of carbonyl (C=O) groups excluding carboxylic acids is 1. The van der Waals surface area contributed by atoms with Crippen LogP contribution in [0.15, 0.2) is 0 Å². The number of alkyl halides is 3. The molecule has 0 amide bonds. The predicted molar refractivity (Wildman–Crippen MR) is 64.2 cm³/mol. The van der Waals surface area contributed by atoms with Gasteiger partial charge in [0.15, 0.2) is 6.61 Å². The maximum atomic E-state index is 11.7. The van der Waals surface area contributed by atoms with Crippen molar-refractivity contribution in [3.63, 3.8) is 0 Å². The zero-order valence-electron chi connectivity index (χ0n) is 11.0. The Kier molecular flexibility index (Phi) is 9.79. The summed E-state index contributed by atoms with van der Waals surface area (Å²) in [5.74, 6) is -0.752. The standard InChI is InChI=1S/C13H23F3O2/c1-2-3-4-5-6-7-8-9-10-12(17)18-11-13(14,15)16/h2-11H2,1H3. The first-order valence-corrected chi connectivity index (χ1v) is 6.68. The van der Waals surface area contributed by atoms with E-state index >= 15 is 0 Å². The summed E-state index contributed by atoms with van der Waals surface area (Å²) in [6.45, 7) is 0.690. The second-order valence-corrected chi connectivity index (χ2v) is 4.50. The molecule has 0 saturated heterocycles. The molecule has 18 heavy (non-hydrogen) atoms. The Balaban J connectivity index is 3.25. The summed E-state index contributed by atoms with van der Waals surface area (Å²) in [4.78, 5) is 10.9. The normalized spacial score (nSPS) is 11.6. The summed E-state index contributed by atoms with van der Waals surface area (Å²) in [7, 11) is 0. The van der Waals surface area contributed by atoms with Crippen LogP contribution in [0.4, 0.5) is 13.2 Å². The van der Waals surface area contributed by atoms with Gasteiger partial charge in [-0.2, -0.15) is 13.2 Å². The van der Waals surface area contributed by atoms with Gasteiger partial charge in [0, 0.05) is 6.42 Å². The summed E-state index contributed by atoms with van der Waals surface area (Å²) >= 11 is 0. The molecule has 0 aliphatic carbocycles. The Morgan fingerprint density at radius 1 is 0.944 bits per heavy atom. The fourth-order valence-electron chi connectivity index (χ4n) is 1.64. The average molecular weight is 268 g/mol. The number of carbonyl (C=O) groups is 1. The molecule has 5 heteroatoms. The van der Waals surface area contributed by atoms with Crippen LogP contribution in [0.2, 0.25) is 0 Å². The van der Waals surface area contributed by atoms with Gasteiger partial charge in [-0.1, -0.05) is 51.9 Å². The molecular formula is C13H23F3O2. The Morgan fingerprint density at radius 3 is 1.94 bits per heavy atom. The van der Waals surface area contributed by atoms with Crippen molar-refractivity contribution in [2.24, 2.45) is 0 Å². The largest absolute Gasteiger partial charge is 0.456 e. The van der Waals surface area contributed by atoms with Crippen molar-refractivity contribution in [1.29, 1.82) is 0 Å². The number of hydrogen-bond donors (Lipinski definition) is 0. The molecule has 0 rings (SSSR count). The van der Waals surface area contributed by atoms with E-state index in [9.17, 15) is 18.0 Å². The van der Waals surface area contributed by atoms with Gasteiger partial charge in [0.1, 0.15) is 0 Å². The van der Waals surface area contributed by atoms with Crippen LogP contribution in [0.25, 0.3) is 0 Å². The molecule has 0 atom stereocenters. The lowest BCUT2D eigenvalue weighted by Gasteiger charge is -2.07. The maximum Gasteiger partial charge on any atom is 0.422 e. The SMILES string of the molecule is CCCCCCCCCCC(=O)OCC(F)(F)F. The van der Waals surface area contributed by atoms with Crippen LogP contribution in [-0.2, 0) is 9.53 Å². The minimum Gasteiger partial charge on any atom is -0.456 e. The summed E-state index contributed by atoms with van der Waals surface area (Å²) in [5.41, 5.74) is 0. The number of unbranched alkanes of at least 4 members (excludes halogenated alkanes) is 7. The zero-order chi connectivity index (χ0) is 13.9. The second kappa shape index (κ2) is 10.2. The van der Waals surface area contributed by atoms with Gasteiger partial charge in [-0.05, 0) is 6.42 Å². The summed E-state index contributed by atoms with van der Waals surface area (Å²) in [6, 6.07) is 0. The van der Waals surface area contributed by atoms with E-state index in [2.05, 4.69) is 11.7 Å². The summed E-state index contributed by atoms with van der Waals surface area (Å²) in [5, 5.41) is 0. The molecule has 0 spiro atoms. The molecule has 0 fully saturated rings. The van der Waals surface area contributed by atoms with E-state index < -0.39 is 18.8 Å². The fraction of sp³-hybridized carbons (Fsp3) is 0.923. The smallest absolute Gasteiger partial charge is 0.422 e. The molecule has 0 unspecified atom stereocenters. The lowest BCUT2D eigenvalue weighted by Crippen LogP contribution is -2.20. The third kappa shape index (κ3) is 13.3. The molecule has 2 nitrogen and oxygen atoms in total. The molecule has 0 aromatic rings. The van der Waals surface area contributed by atoms with E-state index in [4.69, 9.17) is 0 Å². The van der Waals surface area contributed by atoms with E-state index in [1.54, 1.807) is 0 Å². The first-order chi connectivity index (χ1) is 8.45. The summed E-state index contributed by atoms with van der Waals surface area (Å²) in [6.07, 6.45) is 4.25. The van der Waals surface area contributed by atoms with Gasteiger partial charge in [-0.25, -0.2) is 0 Å². The Bertz CT molecular complexity index is 215. The number of ether oxygens (including phenoxy) is 1. The molecule has 0 aliphatic rings. The van der Waals surface area contributed by atoms with Gasteiger partial charge in [0.25, 0.3) is 0 Å². The van der Waals surface area contributed by atoms with E-state index in [1.165, 1.54) is 25.7 Å². The molecule has 0 aromatic heterocycles. The quantitative estimate of drug-likeness (QED) is 0.427. The van der Waals surface area contributed by atoms with Gasteiger partial charge in [0.2, 0.25) is 0 Å². The highest BCUT2D eigenvalue weighted by Crippen LogP contribution is 2.15. The van der Waals surface area contributed by atoms with E-state index in [1.807, 2.05) is 0 Å². The first-order valence-electron chi connectivity index (χ1n) is 6.68. The second-order valence-electron chi connectivity index (χ2n) is 4.50. The van der Waals surface area contributed by atoms with Crippen molar-refractivity contribution in [2.45, 2.75) is 70.9 Å². The van der Waals surface area contributed by atoms with Gasteiger partial charge in [-0.15, -0.1) is 0 Å². The zero-order valence-corrected chi connectivity index (χ0v) is 11.0. The van der Waals surface area contributed by atoms with Crippen molar-refractivity contribution in [3.8, 4) is 0 Å². The molecule has 0 bridgehead atoms. The maximum absolute atomic E-state index is 11.7. The number of rotatable bonds is 10. The van der Waals surface area contributed by atoms with E-state index in [0.717, 1.165) is 19.3 Å². The van der Waals surface area contributed by atoms with Crippen LogP contribution in [-0.4, -0.2) is 18.8 Å². The Labute approximate surface area is 107 Å². The van der Waals surface area contributed by atoms with E-state index in [-0.39, 0.29) is 6.42 Å². The van der Waals surface area contributed by atoms with Crippen molar-refractivity contribution >= 4 is 5.97 Å². The van der Waals surface area contributed by atoms with Crippen LogP contribution in [0.5, 0.6) is 0 Å². The molecule has 108 valence electrons. The average Bonchev–Trinajstić information content (AvgIpc) is 2.29. The van der Waals surface area contributed by atoms with Crippen molar-refractivity contribution in [2.75, 3.05) is 6.61 Å². The fourth-order valence-corrected chi connectivity index (χ4v) is 1.64. The molecule has 0 aliphatic heterocycles. The topological polar surface area (TPSA) is 26.3 Å². The van der Waals surface area contributed by atoms with E-state index in [0.29, 0.717) is 6.42 Å². The third-order valence-corrected chi connectivity index (χ3v) is 2.63. The van der Waals surface area contributed by atoms with Crippen molar-refractivity contribution in [3.05, 3.63) is 0 Å². The van der Waals surface area contributed by atoms with Crippen molar-refractivity contribution < 1.29 is 22.7 Å². The minimum absolute atomic E-state index is 0.0883. The lowest BCUT2D eigenvalue weighted by atomic mass is 10.1. The van der Waals surface area contributed by atoms with Gasteiger partial charge in [-0.3, -0.25) is 4.79 Å². The van der Waals surface area contributed by atoms with Crippen LogP contribution in [0.3, 0.4) is 0 Å². The summed E-state index contributed by atoms with van der Waals surface area (Å²) < 4.78 is 39.3. The molecule has 0 aromatic carbocycles. The highest BCUT2D eigenvalue weighted by atomic mass is 19.4. The van der Waals surface area contributed by atoms with Gasteiger partial charge >= 0.3 is 12.1 Å². The van der Waals surface area contributed by atoms with Crippen LogP contribution >= 0.6 is 0 Å². The highest BCUT2D eigenvalue weighted by Gasteiger charge is 2.29. The molecule has 0 radical (unpaired) electrons. The Hall–Kier alpha value is -0.740. The Morgan fingerprint density at radius 2 is 1.44 bits per heavy atom.